The number of carbonyl (C=O) groups excluding carboxylic acids is 1. The highest BCUT2D eigenvalue weighted by atomic mass is 16.1. The fourth-order valence-corrected chi connectivity index (χ4v) is 1.24. The second-order valence-electron chi connectivity index (χ2n) is 2.77. The summed E-state index contributed by atoms with van der Waals surface area (Å²) in [4.78, 5) is 14.6. The number of anilines is 1. The second-order valence-corrected chi connectivity index (χ2v) is 2.77. The van der Waals surface area contributed by atoms with Crippen molar-refractivity contribution < 1.29 is 4.79 Å². The number of carbonyl (C=O) groups is 1. The average molecular weight is 172 g/mol. The summed E-state index contributed by atoms with van der Waals surface area (Å²) in [5.41, 5.74) is 6.81. The Balaban J connectivity index is 2.81. The van der Waals surface area contributed by atoms with Crippen molar-refractivity contribution in [2.45, 2.75) is 0 Å². The Morgan fingerprint density at radius 2 is 2.08 bits per heavy atom. The van der Waals surface area contributed by atoms with Crippen molar-refractivity contribution in [1.82, 2.24) is 4.98 Å². The number of hydrogen-bond donors (Lipinski definition) is 1. The summed E-state index contributed by atoms with van der Waals surface area (Å²) in [5, 5.41) is 0.929. The van der Waals surface area contributed by atoms with Crippen LogP contribution in [0.15, 0.2) is 30.3 Å². The van der Waals surface area contributed by atoms with Gasteiger partial charge in [0.25, 0.3) is 0 Å². The second kappa shape index (κ2) is 2.86. The standard InChI is InChI=1S/C10H8N2O/c11-10-8(6-13)5-7-3-1-2-4-9(7)12-10/h1-6H,(H2,11,12). The Bertz CT molecular complexity index is 465. The van der Waals surface area contributed by atoms with Gasteiger partial charge in [0.1, 0.15) is 5.82 Å². The molecule has 0 aliphatic rings. The summed E-state index contributed by atoms with van der Waals surface area (Å²) in [6, 6.07) is 9.28. The number of nitrogens with two attached hydrogens (primary N) is 1. The molecule has 2 aromatic rings. The number of pyridine rings is 1. The first-order chi connectivity index (χ1) is 6.31. The zero-order chi connectivity index (χ0) is 9.26. The van der Waals surface area contributed by atoms with E-state index < -0.39 is 0 Å². The quantitative estimate of drug-likeness (QED) is 0.665. The van der Waals surface area contributed by atoms with Crippen molar-refractivity contribution in [3.05, 3.63) is 35.9 Å². The maximum Gasteiger partial charge on any atom is 0.153 e. The molecule has 2 N–H and O–H groups in total. The van der Waals surface area contributed by atoms with Crippen molar-refractivity contribution in [2.75, 3.05) is 5.73 Å². The highest BCUT2D eigenvalue weighted by molar-refractivity contribution is 5.90. The minimum absolute atomic E-state index is 0.286. The molecule has 0 bridgehead atoms. The van der Waals surface area contributed by atoms with E-state index in [-0.39, 0.29) is 5.82 Å². The third kappa shape index (κ3) is 1.24. The molecule has 0 saturated carbocycles. The zero-order valence-electron chi connectivity index (χ0n) is 6.90. The number of fused-ring (bicyclic) bond motifs is 1. The first kappa shape index (κ1) is 7.73. The lowest BCUT2D eigenvalue weighted by atomic mass is 10.1. The van der Waals surface area contributed by atoms with E-state index in [1.165, 1.54) is 0 Å². The number of aromatic nitrogens is 1. The van der Waals surface area contributed by atoms with Crippen molar-refractivity contribution in [2.24, 2.45) is 0 Å². The SMILES string of the molecule is Nc1nc2ccccc2cc1C=O. The summed E-state index contributed by atoms with van der Waals surface area (Å²) in [5.74, 6) is 0.286. The van der Waals surface area contributed by atoms with Gasteiger partial charge in [-0.2, -0.15) is 0 Å². The molecule has 64 valence electrons. The summed E-state index contributed by atoms with van der Waals surface area (Å²) in [6.07, 6.45) is 0.717. The monoisotopic (exact) mass is 172 g/mol. The predicted octanol–water partition coefficient (Wildman–Crippen LogP) is 1.63. The lowest BCUT2D eigenvalue weighted by Crippen LogP contribution is -1.96. The number of aldehydes is 1. The van der Waals surface area contributed by atoms with Crippen LogP contribution in [0.25, 0.3) is 10.9 Å². The van der Waals surface area contributed by atoms with Gasteiger partial charge in [-0.3, -0.25) is 4.79 Å². The molecular weight excluding hydrogens is 164 g/mol. The molecule has 0 radical (unpaired) electrons. The van der Waals surface area contributed by atoms with Gasteiger partial charge in [-0.25, -0.2) is 4.98 Å². The van der Waals surface area contributed by atoms with Crippen LogP contribution in [0.3, 0.4) is 0 Å². The van der Waals surface area contributed by atoms with Gasteiger partial charge in [0.15, 0.2) is 6.29 Å². The van der Waals surface area contributed by atoms with Crippen molar-refractivity contribution >= 4 is 23.0 Å². The molecule has 1 heterocycles. The third-order valence-corrected chi connectivity index (χ3v) is 1.91. The topological polar surface area (TPSA) is 56.0 Å². The van der Waals surface area contributed by atoms with Crippen LogP contribution in [0.4, 0.5) is 5.82 Å². The van der Waals surface area contributed by atoms with Gasteiger partial charge in [-0.15, -0.1) is 0 Å². The molecule has 0 fully saturated rings. The Kier molecular flexibility index (Phi) is 1.70. The number of hydrogen-bond acceptors (Lipinski definition) is 3. The Morgan fingerprint density at radius 3 is 2.85 bits per heavy atom. The van der Waals surface area contributed by atoms with Crippen LogP contribution in [-0.2, 0) is 0 Å². The van der Waals surface area contributed by atoms with Crippen molar-refractivity contribution in [1.29, 1.82) is 0 Å². The summed E-state index contributed by atoms with van der Waals surface area (Å²) in [7, 11) is 0. The first-order valence-electron chi connectivity index (χ1n) is 3.91. The van der Waals surface area contributed by atoms with Gasteiger partial charge in [-0.1, -0.05) is 18.2 Å². The molecule has 0 aliphatic heterocycles. The third-order valence-electron chi connectivity index (χ3n) is 1.91. The highest BCUT2D eigenvalue weighted by Crippen LogP contribution is 2.16. The molecule has 0 amide bonds. The smallest absolute Gasteiger partial charge is 0.153 e. The fraction of sp³-hybridized carbons (Fsp3) is 0. The maximum absolute atomic E-state index is 10.6. The lowest BCUT2D eigenvalue weighted by molar-refractivity contribution is 0.112. The van der Waals surface area contributed by atoms with Crippen LogP contribution in [0, 0.1) is 0 Å². The van der Waals surface area contributed by atoms with Crippen molar-refractivity contribution in [3.63, 3.8) is 0 Å². The molecule has 0 unspecified atom stereocenters. The first-order valence-corrected chi connectivity index (χ1v) is 3.91. The van der Waals surface area contributed by atoms with E-state index in [4.69, 9.17) is 5.73 Å². The van der Waals surface area contributed by atoms with Gasteiger partial charge >= 0.3 is 0 Å². The highest BCUT2D eigenvalue weighted by Gasteiger charge is 2.01. The van der Waals surface area contributed by atoms with Gasteiger partial charge in [-0.05, 0) is 12.1 Å². The molecule has 0 spiro atoms. The van der Waals surface area contributed by atoms with Crippen LogP contribution >= 0.6 is 0 Å². The molecule has 13 heavy (non-hydrogen) atoms. The van der Waals surface area contributed by atoms with Gasteiger partial charge < -0.3 is 5.73 Å². The fourth-order valence-electron chi connectivity index (χ4n) is 1.24. The van der Waals surface area contributed by atoms with Crippen molar-refractivity contribution in [3.8, 4) is 0 Å². The number of benzene rings is 1. The van der Waals surface area contributed by atoms with E-state index >= 15 is 0 Å². The molecule has 0 saturated heterocycles. The Morgan fingerprint density at radius 1 is 1.31 bits per heavy atom. The number of para-hydroxylation sites is 1. The van der Waals surface area contributed by atoms with E-state index in [0.29, 0.717) is 5.56 Å². The van der Waals surface area contributed by atoms with E-state index in [1.54, 1.807) is 6.07 Å². The number of nitrogen functional groups attached to an aromatic ring is 1. The van der Waals surface area contributed by atoms with Gasteiger partial charge in [0.05, 0.1) is 11.1 Å². The van der Waals surface area contributed by atoms with Crippen LogP contribution in [-0.4, -0.2) is 11.3 Å². The van der Waals surface area contributed by atoms with Gasteiger partial charge in [0, 0.05) is 5.39 Å². The molecule has 1 aromatic heterocycles. The minimum Gasteiger partial charge on any atom is -0.383 e. The maximum atomic E-state index is 10.6. The van der Waals surface area contributed by atoms with E-state index in [1.807, 2.05) is 24.3 Å². The average Bonchev–Trinajstić information content (AvgIpc) is 2.17. The van der Waals surface area contributed by atoms with Gasteiger partial charge in [0.2, 0.25) is 0 Å². The van der Waals surface area contributed by atoms with Crippen LogP contribution in [0.1, 0.15) is 10.4 Å². The molecule has 1 aromatic carbocycles. The largest absolute Gasteiger partial charge is 0.383 e. The lowest BCUT2D eigenvalue weighted by Gasteiger charge is -2.00. The summed E-state index contributed by atoms with van der Waals surface area (Å²) in [6.45, 7) is 0. The molecule has 0 atom stereocenters. The summed E-state index contributed by atoms with van der Waals surface area (Å²) < 4.78 is 0. The van der Waals surface area contributed by atoms with E-state index in [0.717, 1.165) is 17.2 Å². The minimum atomic E-state index is 0.286. The molecule has 3 nitrogen and oxygen atoms in total. The van der Waals surface area contributed by atoms with Crippen LogP contribution in [0.2, 0.25) is 0 Å². The van der Waals surface area contributed by atoms with Crippen LogP contribution < -0.4 is 5.73 Å². The molecule has 3 heteroatoms. The Labute approximate surface area is 75.2 Å². The van der Waals surface area contributed by atoms with E-state index in [2.05, 4.69) is 4.98 Å². The number of rotatable bonds is 1. The predicted molar refractivity (Wildman–Crippen MR) is 51.5 cm³/mol. The normalized spacial score (nSPS) is 10.2. The number of nitrogens with zero attached hydrogens (tertiary/aromatic N) is 1. The van der Waals surface area contributed by atoms with E-state index in [9.17, 15) is 4.79 Å². The summed E-state index contributed by atoms with van der Waals surface area (Å²) >= 11 is 0. The van der Waals surface area contributed by atoms with Crippen LogP contribution in [0.5, 0.6) is 0 Å². The molecular formula is C10H8N2O. The Hall–Kier alpha value is -1.90. The molecule has 2 rings (SSSR count). The molecule has 0 aliphatic carbocycles. The zero-order valence-corrected chi connectivity index (χ0v) is 6.90.